The maximum Gasteiger partial charge on any atom is 0.407 e. The van der Waals surface area contributed by atoms with E-state index in [4.69, 9.17) is 14.2 Å². The van der Waals surface area contributed by atoms with Gasteiger partial charge in [-0.05, 0) is 44.8 Å². The third-order valence-corrected chi connectivity index (χ3v) is 6.74. The number of methoxy groups -OCH3 is 2. The highest BCUT2D eigenvalue weighted by atomic mass is 16.5. The lowest BCUT2D eigenvalue weighted by Gasteiger charge is -2.17. The minimum Gasteiger partial charge on any atom is -0.497 e. The molecule has 0 fully saturated rings. The Labute approximate surface area is 224 Å². The van der Waals surface area contributed by atoms with E-state index in [1.807, 2.05) is 54.6 Å². The maximum atomic E-state index is 12.7. The molecule has 1 heterocycles. The van der Waals surface area contributed by atoms with Crippen LogP contribution in [-0.4, -0.2) is 64.2 Å². The first-order chi connectivity index (χ1) is 19.0. The molecule has 0 radical (unpaired) electrons. The molecule has 0 aliphatic heterocycles. The summed E-state index contributed by atoms with van der Waals surface area (Å²) in [5.74, 6) is 0.102. The molecular formula is C28H27N5O6. The lowest BCUT2D eigenvalue weighted by Crippen LogP contribution is -2.43. The first-order valence-corrected chi connectivity index (χ1v) is 12.3. The molecule has 1 aromatic heterocycles. The summed E-state index contributed by atoms with van der Waals surface area (Å²) >= 11 is 0. The predicted molar refractivity (Wildman–Crippen MR) is 140 cm³/mol. The Bertz CT molecular complexity index is 1460. The molecule has 200 valence electrons. The second-order valence-electron chi connectivity index (χ2n) is 9.00. The lowest BCUT2D eigenvalue weighted by atomic mass is 9.98. The zero-order chi connectivity index (χ0) is 27.4. The Balaban J connectivity index is 1.25. The van der Waals surface area contributed by atoms with Crippen molar-refractivity contribution in [2.24, 2.45) is 0 Å². The van der Waals surface area contributed by atoms with Crippen molar-refractivity contribution in [1.29, 1.82) is 0 Å². The number of alkyl carbamates (subject to hydrolysis) is 1. The van der Waals surface area contributed by atoms with Crippen LogP contribution < -0.4 is 14.8 Å². The van der Waals surface area contributed by atoms with Crippen LogP contribution in [-0.2, 0) is 22.5 Å². The fraction of sp³-hybridized carbons (Fsp3) is 0.250. The molecular weight excluding hydrogens is 502 g/mol. The van der Waals surface area contributed by atoms with Crippen molar-refractivity contribution in [3.63, 3.8) is 0 Å². The second kappa shape index (κ2) is 11.2. The minimum atomic E-state index is -1.30. The number of aromatic nitrogens is 4. The van der Waals surface area contributed by atoms with Gasteiger partial charge in [-0.25, -0.2) is 14.3 Å². The number of fused-ring (bicyclic) bond motifs is 3. The summed E-state index contributed by atoms with van der Waals surface area (Å²) in [5, 5.41) is 23.9. The number of ether oxygens (including phenoxy) is 3. The summed E-state index contributed by atoms with van der Waals surface area (Å²) < 4.78 is 17.6. The van der Waals surface area contributed by atoms with E-state index >= 15 is 0 Å². The van der Waals surface area contributed by atoms with Crippen molar-refractivity contribution in [3.05, 3.63) is 89.2 Å². The lowest BCUT2D eigenvalue weighted by molar-refractivity contribution is -0.139. The number of carbonyl (C=O) groups excluding carboxylic acids is 1. The van der Waals surface area contributed by atoms with Gasteiger partial charge in [0.1, 0.15) is 24.1 Å². The van der Waals surface area contributed by atoms with E-state index in [-0.39, 0.29) is 31.3 Å². The van der Waals surface area contributed by atoms with Gasteiger partial charge in [0.25, 0.3) is 0 Å². The van der Waals surface area contributed by atoms with Crippen LogP contribution in [0.5, 0.6) is 11.5 Å². The average molecular weight is 530 g/mol. The number of nitrogens with one attached hydrogen (secondary N) is 1. The van der Waals surface area contributed by atoms with Crippen LogP contribution in [0.25, 0.3) is 11.1 Å². The van der Waals surface area contributed by atoms with Gasteiger partial charge < -0.3 is 24.6 Å². The van der Waals surface area contributed by atoms with E-state index in [9.17, 15) is 14.7 Å². The number of carbonyl (C=O) groups is 2. The number of aliphatic carboxylic acids is 1. The third-order valence-electron chi connectivity index (χ3n) is 6.74. The fourth-order valence-electron chi connectivity index (χ4n) is 4.80. The number of amides is 1. The molecule has 11 heteroatoms. The second-order valence-corrected chi connectivity index (χ2v) is 9.00. The number of tetrazole rings is 1. The van der Waals surface area contributed by atoms with Gasteiger partial charge in [0.2, 0.25) is 0 Å². The molecule has 1 amide bonds. The smallest absolute Gasteiger partial charge is 0.407 e. The fourth-order valence-corrected chi connectivity index (χ4v) is 4.80. The molecule has 1 atom stereocenters. The van der Waals surface area contributed by atoms with Crippen LogP contribution >= 0.6 is 0 Å². The van der Waals surface area contributed by atoms with Crippen molar-refractivity contribution < 1.29 is 28.9 Å². The molecule has 2 N–H and O–H groups in total. The Kier molecular flexibility index (Phi) is 7.39. The molecule has 0 bridgehead atoms. The molecule has 39 heavy (non-hydrogen) atoms. The zero-order valence-corrected chi connectivity index (χ0v) is 21.4. The van der Waals surface area contributed by atoms with Gasteiger partial charge in [0, 0.05) is 24.0 Å². The highest BCUT2D eigenvalue weighted by molar-refractivity contribution is 5.81. The van der Waals surface area contributed by atoms with Crippen molar-refractivity contribution in [2.75, 3.05) is 20.8 Å². The number of nitrogens with zero attached hydrogens (tertiary/aromatic N) is 4. The van der Waals surface area contributed by atoms with Gasteiger partial charge in [0.15, 0.2) is 5.82 Å². The SMILES string of the molecule is COc1ccc(Cn2nnnc2C[C@H](NC(=O)OCC2c3ccccc3-c3ccccc32)C(=O)O)c(OC)c1. The number of benzene rings is 3. The third kappa shape index (κ3) is 5.37. The van der Waals surface area contributed by atoms with Gasteiger partial charge in [0.05, 0.1) is 20.8 Å². The number of carboxylic acid groups (broad SMARTS) is 1. The number of hydrogen-bond donors (Lipinski definition) is 2. The molecule has 5 rings (SSSR count). The summed E-state index contributed by atoms with van der Waals surface area (Å²) in [6, 6.07) is 20.0. The van der Waals surface area contributed by atoms with Crippen molar-refractivity contribution >= 4 is 12.1 Å². The molecule has 1 aliphatic rings. The summed E-state index contributed by atoms with van der Waals surface area (Å²) in [7, 11) is 3.10. The number of rotatable bonds is 10. The first-order valence-electron chi connectivity index (χ1n) is 12.3. The monoisotopic (exact) mass is 529 g/mol. The Morgan fingerprint density at radius 3 is 2.33 bits per heavy atom. The van der Waals surface area contributed by atoms with Gasteiger partial charge in [-0.3, -0.25) is 0 Å². The Morgan fingerprint density at radius 2 is 1.69 bits per heavy atom. The molecule has 4 aromatic rings. The molecule has 3 aromatic carbocycles. The number of carboxylic acids is 1. The summed E-state index contributed by atoms with van der Waals surface area (Å²) in [6.45, 7) is 0.300. The van der Waals surface area contributed by atoms with Gasteiger partial charge in [-0.2, -0.15) is 0 Å². The summed E-state index contributed by atoms with van der Waals surface area (Å²) in [6.07, 6.45) is -0.981. The quantitative estimate of drug-likeness (QED) is 0.317. The molecule has 0 saturated heterocycles. The van der Waals surface area contributed by atoms with E-state index in [1.165, 1.54) is 11.8 Å². The van der Waals surface area contributed by atoms with Crippen LogP contribution in [0.1, 0.15) is 28.4 Å². The van der Waals surface area contributed by atoms with Crippen LogP contribution in [0.4, 0.5) is 4.79 Å². The molecule has 11 nitrogen and oxygen atoms in total. The Morgan fingerprint density at radius 1 is 1.00 bits per heavy atom. The van der Waals surface area contributed by atoms with Gasteiger partial charge in [-0.1, -0.05) is 48.5 Å². The molecule has 1 aliphatic carbocycles. The average Bonchev–Trinajstić information content (AvgIpc) is 3.53. The van der Waals surface area contributed by atoms with E-state index in [0.29, 0.717) is 11.5 Å². The maximum absolute atomic E-state index is 12.7. The van der Waals surface area contributed by atoms with Crippen LogP contribution in [0.15, 0.2) is 66.7 Å². The van der Waals surface area contributed by atoms with E-state index < -0.39 is 18.1 Å². The largest absolute Gasteiger partial charge is 0.497 e. The standard InChI is InChI=1S/C28H27N5O6/c1-37-18-12-11-17(25(13-18)38-2)15-33-26(30-31-32-33)14-24(27(34)35)29-28(36)39-16-23-21-9-5-3-7-19(21)20-8-4-6-10-22(20)23/h3-13,23-24H,14-16H2,1-2H3,(H,29,36)(H,34,35)/t24-/m0/s1. The van der Waals surface area contributed by atoms with Gasteiger partial charge >= 0.3 is 12.1 Å². The molecule has 0 unspecified atom stereocenters. The van der Waals surface area contributed by atoms with E-state index in [0.717, 1.165) is 27.8 Å². The zero-order valence-electron chi connectivity index (χ0n) is 21.4. The highest BCUT2D eigenvalue weighted by Crippen LogP contribution is 2.44. The minimum absolute atomic E-state index is 0.0706. The predicted octanol–water partition coefficient (Wildman–Crippen LogP) is 3.27. The van der Waals surface area contributed by atoms with Crippen LogP contribution in [0.2, 0.25) is 0 Å². The van der Waals surface area contributed by atoms with E-state index in [1.54, 1.807) is 19.2 Å². The molecule has 0 spiro atoms. The normalized spacial score (nSPS) is 12.8. The van der Waals surface area contributed by atoms with E-state index in [2.05, 4.69) is 20.8 Å². The van der Waals surface area contributed by atoms with Crippen LogP contribution in [0, 0.1) is 0 Å². The highest BCUT2D eigenvalue weighted by Gasteiger charge is 2.30. The first kappa shape index (κ1) is 25.7. The topological polar surface area (TPSA) is 138 Å². The number of hydrogen-bond acceptors (Lipinski definition) is 8. The van der Waals surface area contributed by atoms with Crippen molar-refractivity contribution in [1.82, 2.24) is 25.5 Å². The summed E-state index contributed by atoms with van der Waals surface area (Å²) in [5.41, 5.74) is 5.10. The van der Waals surface area contributed by atoms with Crippen molar-refractivity contribution in [3.8, 4) is 22.6 Å². The van der Waals surface area contributed by atoms with Gasteiger partial charge in [-0.15, -0.1) is 5.10 Å². The van der Waals surface area contributed by atoms with Crippen LogP contribution in [0.3, 0.4) is 0 Å². The molecule has 0 saturated carbocycles. The van der Waals surface area contributed by atoms with Crippen molar-refractivity contribution in [2.45, 2.75) is 24.9 Å². The summed E-state index contributed by atoms with van der Waals surface area (Å²) in [4.78, 5) is 24.7. The Hall–Kier alpha value is -4.93.